The fourth-order valence-electron chi connectivity index (χ4n) is 3.48. The summed E-state index contributed by atoms with van der Waals surface area (Å²) in [5.41, 5.74) is 4.72. The molecule has 0 bridgehead atoms. The van der Waals surface area contributed by atoms with E-state index in [1.165, 1.54) is 16.7 Å². The van der Waals surface area contributed by atoms with Crippen LogP contribution in [0.2, 0.25) is 0 Å². The Labute approximate surface area is 151 Å². The molecule has 0 radical (unpaired) electrons. The van der Waals surface area contributed by atoms with Gasteiger partial charge in [-0.15, -0.1) is 0 Å². The van der Waals surface area contributed by atoms with E-state index in [4.69, 9.17) is 9.84 Å². The minimum absolute atomic E-state index is 0.324. The van der Waals surface area contributed by atoms with Gasteiger partial charge in [-0.05, 0) is 29.7 Å². The largest absolute Gasteiger partial charge is 0.511 e. The van der Waals surface area contributed by atoms with Gasteiger partial charge in [0.1, 0.15) is 5.75 Å². The summed E-state index contributed by atoms with van der Waals surface area (Å²) in [7, 11) is 0. The maximum atomic E-state index is 10.7. The van der Waals surface area contributed by atoms with Crippen molar-refractivity contribution in [3.8, 4) is 5.75 Å². The smallest absolute Gasteiger partial charge is 0.449 e. The summed E-state index contributed by atoms with van der Waals surface area (Å²) in [6.45, 7) is 2.92. The second-order valence-corrected chi connectivity index (χ2v) is 6.48. The topological polar surface area (TPSA) is 65.6 Å². The van der Waals surface area contributed by atoms with E-state index in [2.05, 4.69) is 40.2 Å². The fourth-order valence-corrected chi connectivity index (χ4v) is 3.48. The van der Waals surface area contributed by atoms with Crippen molar-refractivity contribution < 1.29 is 14.6 Å². The standard InChI is InChI=1S/C21H20N2O3/c24-21(25)26-17-6-7-18-19(13-22-20(18)12-17)16-8-10-23(11-9-16)14-15-4-2-1-3-5-15/h1-8,12-13,22H,9-11,14H2,(H,24,25). The van der Waals surface area contributed by atoms with Crippen molar-refractivity contribution in [2.24, 2.45) is 0 Å². The summed E-state index contributed by atoms with van der Waals surface area (Å²) >= 11 is 0. The van der Waals surface area contributed by atoms with Crippen LogP contribution in [0.5, 0.6) is 5.75 Å². The molecule has 5 nitrogen and oxygen atoms in total. The third kappa shape index (κ3) is 3.48. The third-order valence-corrected chi connectivity index (χ3v) is 4.75. The van der Waals surface area contributed by atoms with Gasteiger partial charge in [-0.2, -0.15) is 0 Å². The number of H-pyrrole nitrogens is 1. The van der Waals surface area contributed by atoms with Gasteiger partial charge in [0.15, 0.2) is 0 Å². The highest BCUT2D eigenvalue weighted by Gasteiger charge is 2.16. The van der Waals surface area contributed by atoms with Gasteiger partial charge in [-0.25, -0.2) is 4.79 Å². The average molecular weight is 348 g/mol. The molecule has 5 heteroatoms. The van der Waals surface area contributed by atoms with Gasteiger partial charge in [0.25, 0.3) is 0 Å². The van der Waals surface area contributed by atoms with Crippen LogP contribution >= 0.6 is 0 Å². The molecule has 1 aromatic heterocycles. The maximum Gasteiger partial charge on any atom is 0.511 e. The number of benzene rings is 2. The van der Waals surface area contributed by atoms with E-state index < -0.39 is 6.16 Å². The number of aromatic nitrogens is 1. The van der Waals surface area contributed by atoms with Gasteiger partial charge in [0, 0.05) is 48.4 Å². The van der Waals surface area contributed by atoms with Crippen LogP contribution in [0.4, 0.5) is 4.79 Å². The molecular weight excluding hydrogens is 328 g/mol. The maximum absolute atomic E-state index is 10.7. The lowest BCUT2D eigenvalue weighted by atomic mass is 9.98. The third-order valence-electron chi connectivity index (χ3n) is 4.75. The van der Waals surface area contributed by atoms with Crippen LogP contribution in [-0.2, 0) is 6.54 Å². The van der Waals surface area contributed by atoms with Crippen molar-refractivity contribution in [2.45, 2.75) is 13.0 Å². The van der Waals surface area contributed by atoms with Crippen molar-refractivity contribution in [2.75, 3.05) is 13.1 Å². The molecule has 4 rings (SSSR count). The molecule has 0 aliphatic carbocycles. The lowest BCUT2D eigenvalue weighted by molar-refractivity contribution is 0.144. The molecule has 0 fully saturated rings. The number of rotatable bonds is 4. The Bertz CT molecular complexity index is 960. The zero-order chi connectivity index (χ0) is 17.9. The van der Waals surface area contributed by atoms with Crippen LogP contribution in [0.15, 0.2) is 60.8 Å². The molecule has 1 aliphatic heterocycles. The van der Waals surface area contributed by atoms with E-state index in [0.717, 1.165) is 37.0 Å². The summed E-state index contributed by atoms with van der Waals surface area (Å²) in [6, 6.07) is 15.9. The highest BCUT2D eigenvalue weighted by Crippen LogP contribution is 2.31. The lowest BCUT2D eigenvalue weighted by Gasteiger charge is -2.26. The number of nitrogens with zero attached hydrogens (tertiary/aromatic N) is 1. The molecule has 0 saturated heterocycles. The van der Waals surface area contributed by atoms with Crippen LogP contribution in [0.3, 0.4) is 0 Å². The molecule has 0 spiro atoms. The highest BCUT2D eigenvalue weighted by molar-refractivity contribution is 5.93. The van der Waals surface area contributed by atoms with E-state index in [1.807, 2.05) is 18.3 Å². The van der Waals surface area contributed by atoms with E-state index in [9.17, 15) is 4.79 Å². The van der Waals surface area contributed by atoms with Crippen LogP contribution in [0.25, 0.3) is 16.5 Å². The summed E-state index contributed by atoms with van der Waals surface area (Å²) in [4.78, 5) is 16.3. The van der Waals surface area contributed by atoms with Gasteiger partial charge >= 0.3 is 6.16 Å². The van der Waals surface area contributed by atoms with Crippen molar-refractivity contribution in [3.63, 3.8) is 0 Å². The SMILES string of the molecule is O=C(O)Oc1ccc2c(C3=CCN(Cc4ccccc4)CC3)c[nH]c2c1. The molecule has 0 unspecified atom stereocenters. The van der Waals surface area contributed by atoms with Gasteiger partial charge in [-0.3, -0.25) is 4.90 Å². The second kappa shape index (κ2) is 7.06. The van der Waals surface area contributed by atoms with E-state index >= 15 is 0 Å². The quantitative estimate of drug-likeness (QED) is 0.538. The molecule has 26 heavy (non-hydrogen) atoms. The molecule has 3 aromatic rings. The predicted molar refractivity (Wildman–Crippen MR) is 101 cm³/mol. The molecular formula is C21H20N2O3. The van der Waals surface area contributed by atoms with Crippen LogP contribution < -0.4 is 4.74 Å². The van der Waals surface area contributed by atoms with Gasteiger partial charge in [-0.1, -0.05) is 36.4 Å². The summed E-state index contributed by atoms with van der Waals surface area (Å²) in [5, 5.41) is 9.82. The Morgan fingerprint density at radius 2 is 2.04 bits per heavy atom. The van der Waals surface area contributed by atoms with Gasteiger partial charge in [0.2, 0.25) is 0 Å². The van der Waals surface area contributed by atoms with Crippen molar-refractivity contribution in [3.05, 3.63) is 71.9 Å². The lowest BCUT2D eigenvalue weighted by Crippen LogP contribution is -2.27. The summed E-state index contributed by atoms with van der Waals surface area (Å²) in [5.74, 6) is 0.324. The number of nitrogens with one attached hydrogen (secondary N) is 1. The van der Waals surface area contributed by atoms with E-state index in [-0.39, 0.29) is 0 Å². The predicted octanol–water partition coefficient (Wildman–Crippen LogP) is 4.51. The number of ether oxygens (including phenoxy) is 1. The molecule has 132 valence electrons. The normalized spacial score (nSPS) is 15.0. The van der Waals surface area contributed by atoms with Crippen molar-refractivity contribution in [1.82, 2.24) is 9.88 Å². The summed E-state index contributed by atoms with van der Waals surface area (Å²) < 4.78 is 4.72. The molecule has 0 saturated carbocycles. The first kappa shape index (κ1) is 16.4. The van der Waals surface area contributed by atoms with E-state index in [1.54, 1.807) is 12.1 Å². The van der Waals surface area contributed by atoms with Crippen molar-refractivity contribution >= 4 is 22.6 Å². The first-order valence-electron chi connectivity index (χ1n) is 8.66. The molecule has 2 N–H and O–H groups in total. The Morgan fingerprint density at radius 1 is 1.19 bits per heavy atom. The Balaban J connectivity index is 1.50. The monoisotopic (exact) mass is 348 g/mol. The van der Waals surface area contributed by atoms with Crippen LogP contribution in [0.1, 0.15) is 17.5 Å². The number of hydrogen-bond donors (Lipinski definition) is 2. The summed E-state index contributed by atoms with van der Waals surface area (Å²) in [6.07, 6.45) is 3.97. The number of hydrogen-bond acceptors (Lipinski definition) is 3. The molecule has 0 amide bonds. The zero-order valence-corrected chi connectivity index (χ0v) is 14.3. The van der Waals surface area contributed by atoms with Crippen LogP contribution in [-0.4, -0.2) is 34.2 Å². The van der Waals surface area contributed by atoms with Crippen LogP contribution in [0, 0.1) is 0 Å². The number of carbonyl (C=O) groups is 1. The highest BCUT2D eigenvalue weighted by atomic mass is 16.7. The first-order chi connectivity index (χ1) is 12.7. The number of carboxylic acid groups (broad SMARTS) is 1. The number of aromatic amines is 1. The fraction of sp³-hybridized carbons (Fsp3) is 0.190. The minimum atomic E-state index is -1.30. The average Bonchev–Trinajstić information content (AvgIpc) is 3.06. The van der Waals surface area contributed by atoms with Gasteiger partial charge in [0.05, 0.1) is 0 Å². The van der Waals surface area contributed by atoms with Gasteiger partial charge < -0.3 is 14.8 Å². The minimum Gasteiger partial charge on any atom is -0.449 e. The molecule has 2 aromatic carbocycles. The second-order valence-electron chi connectivity index (χ2n) is 6.48. The number of fused-ring (bicyclic) bond motifs is 1. The first-order valence-corrected chi connectivity index (χ1v) is 8.66. The zero-order valence-electron chi connectivity index (χ0n) is 14.3. The van der Waals surface area contributed by atoms with E-state index in [0.29, 0.717) is 5.75 Å². The molecule has 1 aliphatic rings. The molecule has 0 atom stereocenters. The molecule has 2 heterocycles. The Hall–Kier alpha value is -3.05. The Kier molecular flexibility index (Phi) is 4.46. The Morgan fingerprint density at radius 3 is 2.77 bits per heavy atom. The van der Waals surface area contributed by atoms with Crippen molar-refractivity contribution in [1.29, 1.82) is 0 Å².